The molecule has 0 N–H and O–H groups in total. The first kappa shape index (κ1) is 15.7. The molecule has 19 heavy (non-hydrogen) atoms. The number of Topliss-reactive ketones (excluding diaryl/α,β-unsaturated/α-hetero) is 1. The molecule has 0 saturated carbocycles. The molecule has 1 aromatic rings. The number of carbonyl (C=O) groups is 2. The summed E-state index contributed by atoms with van der Waals surface area (Å²) in [5.74, 6) is -0.135. The molecule has 0 heterocycles. The van der Waals surface area contributed by atoms with Crippen LogP contribution in [-0.4, -0.2) is 17.2 Å². The molecule has 4 heteroatoms. The van der Waals surface area contributed by atoms with Gasteiger partial charge in [0, 0.05) is 17.6 Å². The van der Waals surface area contributed by atoms with Crippen LogP contribution in [0.4, 0.5) is 5.69 Å². The molecule has 0 radical (unpaired) electrons. The highest BCUT2D eigenvalue weighted by molar-refractivity contribution is 6.30. The molecule has 0 aromatic heterocycles. The lowest BCUT2D eigenvalue weighted by atomic mass is 9.86. The van der Waals surface area contributed by atoms with Crippen LogP contribution in [0, 0.1) is 0 Å². The molecule has 1 amide bonds. The molecular formula is C15H20ClNO2. The summed E-state index contributed by atoms with van der Waals surface area (Å²) in [5, 5.41) is 0.605. The molecule has 0 aliphatic rings. The molecule has 0 spiro atoms. The quantitative estimate of drug-likeness (QED) is 0.822. The molecule has 0 unspecified atom stereocenters. The molecule has 104 valence electrons. The highest BCUT2D eigenvalue weighted by Gasteiger charge is 2.40. The van der Waals surface area contributed by atoms with E-state index in [2.05, 4.69) is 0 Å². The van der Waals surface area contributed by atoms with Gasteiger partial charge in [-0.2, -0.15) is 0 Å². The van der Waals surface area contributed by atoms with Gasteiger partial charge >= 0.3 is 0 Å². The van der Waals surface area contributed by atoms with Gasteiger partial charge in [-0.1, -0.05) is 25.4 Å². The van der Waals surface area contributed by atoms with Gasteiger partial charge in [0.15, 0.2) is 5.78 Å². The standard InChI is InChI=1S/C15H20ClNO2/c1-5-15(6-2,11(3)18)17(12(4)19)14-9-7-13(16)8-10-14/h7-10H,5-6H2,1-4H3. The van der Waals surface area contributed by atoms with Gasteiger partial charge in [-0.25, -0.2) is 0 Å². The molecule has 0 aliphatic heterocycles. The number of nitrogens with zero attached hydrogens (tertiary/aromatic N) is 1. The molecule has 1 rings (SSSR count). The number of halogens is 1. The fraction of sp³-hybridized carbons (Fsp3) is 0.467. The Labute approximate surface area is 119 Å². The Morgan fingerprint density at radius 3 is 1.89 bits per heavy atom. The Kier molecular flexibility index (Phi) is 5.12. The number of anilines is 1. The van der Waals surface area contributed by atoms with E-state index in [-0.39, 0.29) is 11.7 Å². The second-order valence-corrected chi connectivity index (χ2v) is 5.06. The normalized spacial score (nSPS) is 11.2. The number of benzene rings is 1. The molecule has 0 saturated heterocycles. The fourth-order valence-corrected chi connectivity index (χ4v) is 2.67. The SMILES string of the molecule is CCC(CC)(C(C)=O)N(C(C)=O)c1ccc(Cl)cc1. The summed E-state index contributed by atoms with van der Waals surface area (Å²) in [7, 11) is 0. The van der Waals surface area contributed by atoms with E-state index in [1.807, 2.05) is 13.8 Å². The third-order valence-corrected chi connectivity index (χ3v) is 3.90. The first-order valence-corrected chi connectivity index (χ1v) is 6.84. The van der Waals surface area contributed by atoms with E-state index >= 15 is 0 Å². The summed E-state index contributed by atoms with van der Waals surface area (Å²) in [6.07, 6.45) is 1.17. The minimum Gasteiger partial charge on any atom is -0.299 e. The first-order valence-electron chi connectivity index (χ1n) is 6.46. The van der Waals surface area contributed by atoms with E-state index in [0.717, 1.165) is 0 Å². The second kappa shape index (κ2) is 6.20. The van der Waals surface area contributed by atoms with Crippen molar-refractivity contribution in [2.24, 2.45) is 0 Å². The Morgan fingerprint density at radius 1 is 1.11 bits per heavy atom. The van der Waals surface area contributed by atoms with E-state index in [4.69, 9.17) is 11.6 Å². The van der Waals surface area contributed by atoms with Crippen LogP contribution in [-0.2, 0) is 9.59 Å². The Balaban J connectivity index is 3.37. The predicted molar refractivity (Wildman–Crippen MR) is 78.6 cm³/mol. The van der Waals surface area contributed by atoms with Gasteiger partial charge in [-0.3, -0.25) is 14.5 Å². The van der Waals surface area contributed by atoms with Crippen molar-refractivity contribution in [1.82, 2.24) is 0 Å². The van der Waals surface area contributed by atoms with Crippen molar-refractivity contribution in [1.29, 1.82) is 0 Å². The van der Waals surface area contributed by atoms with Gasteiger partial charge in [0.2, 0.25) is 5.91 Å². The number of hydrogen-bond donors (Lipinski definition) is 0. The third-order valence-electron chi connectivity index (χ3n) is 3.65. The molecule has 1 aromatic carbocycles. The number of ketones is 1. The van der Waals surface area contributed by atoms with Crippen LogP contribution in [0.1, 0.15) is 40.5 Å². The fourth-order valence-electron chi connectivity index (χ4n) is 2.54. The molecule has 0 atom stereocenters. The molecule has 0 fully saturated rings. The van der Waals surface area contributed by atoms with Gasteiger partial charge < -0.3 is 0 Å². The Morgan fingerprint density at radius 2 is 1.58 bits per heavy atom. The van der Waals surface area contributed by atoms with Crippen LogP contribution in [0.3, 0.4) is 0 Å². The number of rotatable bonds is 5. The van der Waals surface area contributed by atoms with E-state index in [9.17, 15) is 9.59 Å². The minimum absolute atomic E-state index is 0.00245. The average molecular weight is 282 g/mol. The maximum absolute atomic E-state index is 12.1. The lowest BCUT2D eigenvalue weighted by molar-refractivity contribution is -0.127. The van der Waals surface area contributed by atoms with Crippen LogP contribution in [0.2, 0.25) is 5.02 Å². The monoisotopic (exact) mass is 281 g/mol. The summed E-state index contributed by atoms with van der Waals surface area (Å²) in [6, 6.07) is 6.99. The van der Waals surface area contributed by atoms with Crippen LogP contribution in [0.5, 0.6) is 0 Å². The third kappa shape index (κ3) is 2.98. The van der Waals surface area contributed by atoms with Gasteiger partial charge in [0.25, 0.3) is 0 Å². The van der Waals surface area contributed by atoms with Gasteiger partial charge in [-0.15, -0.1) is 0 Å². The second-order valence-electron chi connectivity index (χ2n) is 4.63. The number of carbonyl (C=O) groups excluding carboxylic acids is 2. The van der Waals surface area contributed by atoms with Crippen molar-refractivity contribution in [3.8, 4) is 0 Å². The first-order chi connectivity index (χ1) is 8.89. The van der Waals surface area contributed by atoms with E-state index in [0.29, 0.717) is 23.6 Å². The van der Waals surface area contributed by atoms with E-state index in [1.54, 1.807) is 36.1 Å². The number of amides is 1. The van der Waals surface area contributed by atoms with Crippen molar-refractivity contribution in [2.45, 2.75) is 46.1 Å². The molecule has 0 bridgehead atoms. The van der Waals surface area contributed by atoms with Crippen molar-refractivity contribution in [3.63, 3.8) is 0 Å². The maximum atomic E-state index is 12.1. The summed E-state index contributed by atoms with van der Waals surface area (Å²) in [4.78, 5) is 25.7. The lowest BCUT2D eigenvalue weighted by Gasteiger charge is -2.40. The van der Waals surface area contributed by atoms with Crippen molar-refractivity contribution >= 4 is 29.0 Å². The average Bonchev–Trinajstić information content (AvgIpc) is 2.36. The van der Waals surface area contributed by atoms with Gasteiger partial charge in [0.05, 0.1) is 0 Å². The Bertz CT molecular complexity index is 464. The summed E-state index contributed by atoms with van der Waals surface area (Å²) in [5.41, 5.74) is -0.0737. The lowest BCUT2D eigenvalue weighted by Crippen LogP contribution is -2.55. The largest absolute Gasteiger partial charge is 0.299 e. The zero-order valence-electron chi connectivity index (χ0n) is 11.9. The minimum atomic E-state index is -0.778. The maximum Gasteiger partial charge on any atom is 0.224 e. The number of hydrogen-bond acceptors (Lipinski definition) is 2. The zero-order chi connectivity index (χ0) is 14.6. The highest BCUT2D eigenvalue weighted by Crippen LogP contribution is 2.31. The van der Waals surface area contributed by atoms with Gasteiger partial charge in [-0.05, 0) is 44.0 Å². The summed E-state index contributed by atoms with van der Waals surface area (Å²) in [6.45, 7) is 6.88. The molecule has 0 aliphatic carbocycles. The van der Waals surface area contributed by atoms with Crippen molar-refractivity contribution < 1.29 is 9.59 Å². The molecular weight excluding hydrogens is 262 g/mol. The van der Waals surface area contributed by atoms with Crippen LogP contribution >= 0.6 is 11.6 Å². The van der Waals surface area contributed by atoms with E-state index < -0.39 is 5.54 Å². The van der Waals surface area contributed by atoms with E-state index in [1.165, 1.54) is 6.92 Å². The Hall–Kier alpha value is -1.35. The smallest absolute Gasteiger partial charge is 0.224 e. The summed E-state index contributed by atoms with van der Waals surface area (Å²) < 4.78 is 0. The molecule has 3 nitrogen and oxygen atoms in total. The van der Waals surface area contributed by atoms with Crippen molar-refractivity contribution in [3.05, 3.63) is 29.3 Å². The highest BCUT2D eigenvalue weighted by atomic mass is 35.5. The topological polar surface area (TPSA) is 37.4 Å². The van der Waals surface area contributed by atoms with Gasteiger partial charge in [0.1, 0.15) is 5.54 Å². The van der Waals surface area contributed by atoms with Crippen LogP contribution in [0.25, 0.3) is 0 Å². The predicted octanol–water partition coefficient (Wildman–Crippen LogP) is 3.84. The van der Waals surface area contributed by atoms with Crippen molar-refractivity contribution in [2.75, 3.05) is 4.90 Å². The zero-order valence-corrected chi connectivity index (χ0v) is 12.6. The van der Waals surface area contributed by atoms with Crippen LogP contribution < -0.4 is 4.90 Å². The van der Waals surface area contributed by atoms with Crippen LogP contribution in [0.15, 0.2) is 24.3 Å². The summed E-state index contributed by atoms with van der Waals surface area (Å²) >= 11 is 5.87.